The van der Waals surface area contributed by atoms with Gasteiger partial charge in [0.2, 0.25) is 21.8 Å². The van der Waals surface area contributed by atoms with Gasteiger partial charge in [0.05, 0.1) is 40.9 Å². The molecule has 3 aromatic heterocycles. The minimum atomic E-state index is -3.32. The molecular weight excluding hydrogens is 765 g/mol. The quantitative estimate of drug-likeness (QED) is 0.125. The van der Waals surface area contributed by atoms with E-state index in [2.05, 4.69) is 40.7 Å². The molecule has 0 bridgehead atoms. The van der Waals surface area contributed by atoms with Crippen LogP contribution in [-0.4, -0.2) is 89.2 Å². The first-order valence-electron chi connectivity index (χ1n) is 19.3. The second kappa shape index (κ2) is 16.8. The fourth-order valence-corrected chi connectivity index (χ4v) is 9.78. The summed E-state index contributed by atoms with van der Waals surface area (Å²) in [6.45, 7) is 1.08. The second-order valence-electron chi connectivity index (χ2n) is 15.0. The van der Waals surface area contributed by atoms with Gasteiger partial charge in [-0.05, 0) is 72.6 Å². The van der Waals surface area contributed by atoms with Crippen molar-refractivity contribution in [3.8, 4) is 28.1 Å². The maximum Gasteiger partial charge on any atom is 0.264 e. The van der Waals surface area contributed by atoms with Gasteiger partial charge >= 0.3 is 0 Å². The van der Waals surface area contributed by atoms with Crippen molar-refractivity contribution in [2.45, 2.75) is 57.3 Å². The molecule has 5 heterocycles. The Balaban J connectivity index is 0.934. The van der Waals surface area contributed by atoms with Gasteiger partial charge in [-0.2, -0.15) is 9.40 Å². The van der Waals surface area contributed by atoms with E-state index in [1.165, 1.54) is 27.5 Å². The molecule has 0 saturated carbocycles. The van der Waals surface area contributed by atoms with E-state index in [1.54, 1.807) is 40.6 Å². The van der Waals surface area contributed by atoms with Gasteiger partial charge < -0.3 is 14.2 Å². The number of amides is 3. The fraction of sp³-hybridized carbons (Fsp3) is 0.405. The summed E-state index contributed by atoms with van der Waals surface area (Å²) in [5.74, 6) is -0.343. The number of nitrogens with one attached hydrogen (secondary N) is 1. The monoisotopic (exact) mass is 812 g/mol. The van der Waals surface area contributed by atoms with Crippen molar-refractivity contribution in [1.29, 1.82) is 0 Å². The Morgan fingerprint density at radius 1 is 0.912 bits per heavy atom. The highest BCUT2D eigenvalue weighted by Crippen LogP contribution is 2.37. The van der Waals surface area contributed by atoms with E-state index in [4.69, 9.17) is 4.74 Å². The Morgan fingerprint density at radius 3 is 2.30 bits per heavy atom. The predicted octanol–water partition coefficient (Wildman–Crippen LogP) is 5.26. The number of carbonyl (C=O) groups excluding carboxylic acids is 3. The molecule has 1 N–H and O–H groups in total. The van der Waals surface area contributed by atoms with Gasteiger partial charge in [-0.25, -0.2) is 8.42 Å². The fourth-order valence-electron chi connectivity index (χ4n) is 7.81. The number of methoxy groups -OCH3 is 1. The molecule has 2 aromatic carbocycles. The first-order valence-corrected chi connectivity index (χ1v) is 22.0. The van der Waals surface area contributed by atoms with Gasteiger partial charge in [-0.1, -0.05) is 49.2 Å². The van der Waals surface area contributed by atoms with Crippen LogP contribution in [0.15, 0.2) is 65.6 Å². The number of fused-ring (bicyclic) bond motifs is 1. The van der Waals surface area contributed by atoms with Crippen molar-refractivity contribution in [1.82, 2.24) is 28.9 Å². The van der Waals surface area contributed by atoms with Crippen molar-refractivity contribution < 1.29 is 27.5 Å². The third kappa shape index (κ3) is 8.75. The zero-order valence-corrected chi connectivity index (χ0v) is 34.4. The normalized spacial score (nSPS) is 16.6. The van der Waals surface area contributed by atoms with Crippen LogP contribution in [0.1, 0.15) is 70.9 Å². The van der Waals surface area contributed by atoms with Crippen LogP contribution in [-0.2, 0) is 46.5 Å². The van der Waals surface area contributed by atoms with Gasteiger partial charge in [-0.15, -0.1) is 11.3 Å². The first-order chi connectivity index (χ1) is 27.3. The minimum absolute atomic E-state index is 0.182. The Morgan fingerprint density at radius 2 is 1.61 bits per heavy atom. The zero-order valence-electron chi connectivity index (χ0n) is 32.7. The Hall–Kier alpha value is -5.12. The van der Waals surface area contributed by atoms with E-state index in [1.807, 2.05) is 25.2 Å². The molecule has 3 amide bonds. The third-order valence-corrected chi connectivity index (χ3v) is 13.5. The van der Waals surface area contributed by atoms with Crippen LogP contribution < -0.4 is 15.6 Å². The number of thiophene rings is 1. The number of unbranched alkanes of at least 4 members (excludes halogenated alkanes) is 3. The first kappa shape index (κ1) is 40.1. The maximum atomic E-state index is 13.5. The summed E-state index contributed by atoms with van der Waals surface area (Å²) in [6, 6.07) is 18.3. The van der Waals surface area contributed by atoms with Crippen LogP contribution in [0.25, 0.3) is 32.5 Å². The molecular formula is C42H48N6O7S2. The summed E-state index contributed by atoms with van der Waals surface area (Å²) >= 11 is 1.29. The molecule has 300 valence electrons. The largest absolute Gasteiger partial charge is 0.496 e. The second-order valence-corrected chi connectivity index (χ2v) is 18.0. The smallest absolute Gasteiger partial charge is 0.264 e. The summed E-state index contributed by atoms with van der Waals surface area (Å²) in [7, 11) is 1.93. The summed E-state index contributed by atoms with van der Waals surface area (Å²) in [5, 5.41) is 7.48. The van der Waals surface area contributed by atoms with Gasteiger partial charge in [0, 0.05) is 63.2 Å². The number of carbonyl (C=O) groups is 3. The van der Waals surface area contributed by atoms with Crippen LogP contribution in [0.5, 0.6) is 5.75 Å². The number of aryl methyl sites for hydroxylation is 4. The van der Waals surface area contributed by atoms with Gasteiger partial charge in [0.15, 0.2) is 0 Å². The number of hydrogen-bond acceptors (Lipinski definition) is 9. The molecule has 1 unspecified atom stereocenters. The molecule has 13 nitrogen and oxygen atoms in total. The lowest BCUT2D eigenvalue weighted by Gasteiger charge is -2.32. The molecule has 1 atom stereocenters. The van der Waals surface area contributed by atoms with Gasteiger partial charge in [0.1, 0.15) is 5.75 Å². The molecule has 2 aliphatic heterocycles. The van der Waals surface area contributed by atoms with Gasteiger partial charge in [-0.3, -0.25) is 29.2 Å². The summed E-state index contributed by atoms with van der Waals surface area (Å²) < 4.78 is 35.2. The van der Waals surface area contributed by atoms with Crippen molar-refractivity contribution in [2.24, 2.45) is 14.1 Å². The third-order valence-electron chi connectivity index (χ3n) is 11.1. The van der Waals surface area contributed by atoms with Crippen molar-refractivity contribution >= 4 is 49.2 Å². The van der Waals surface area contributed by atoms with Crippen molar-refractivity contribution in [3.05, 3.63) is 92.8 Å². The Bertz CT molecular complexity index is 2500. The van der Waals surface area contributed by atoms with E-state index >= 15 is 0 Å². The van der Waals surface area contributed by atoms with E-state index in [0.717, 1.165) is 76.9 Å². The van der Waals surface area contributed by atoms with Crippen LogP contribution in [0.4, 0.5) is 0 Å². The molecule has 2 saturated heterocycles. The maximum absolute atomic E-state index is 13.5. The molecule has 0 radical (unpaired) electrons. The average molecular weight is 813 g/mol. The minimum Gasteiger partial charge on any atom is -0.496 e. The molecule has 7 rings (SSSR count). The van der Waals surface area contributed by atoms with Crippen LogP contribution >= 0.6 is 11.3 Å². The number of sulfonamides is 1. The highest BCUT2D eigenvalue weighted by Gasteiger charge is 2.31. The van der Waals surface area contributed by atoms with Crippen LogP contribution in [0.2, 0.25) is 0 Å². The Labute approximate surface area is 336 Å². The number of ether oxygens (including phenoxy) is 1. The number of piperazine rings is 1. The SMILES string of the molecule is COc1cc(-c2cn(C)c(=O)c3cc(C(=O)N4CCN(S(C)(=O)=O)CC4)sc23)ccc1CCCCCCc1ccc(-c2cc(C3CCC(=O)NC3=O)nn2C)cc1. The summed E-state index contributed by atoms with van der Waals surface area (Å²) in [6.07, 6.45) is 9.91. The lowest BCUT2D eigenvalue weighted by molar-refractivity contribution is -0.134. The molecule has 0 spiro atoms. The number of nitrogens with zero attached hydrogens (tertiary/aromatic N) is 5. The molecule has 0 aliphatic carbocycles. The molecule has 57 heavy (non-hydrogen) atoms. The standard InChI is InChI=1S/C42H48N6O7S2/c1-45-26-33(39-32(41(45)51)24-37(56-39)42(52)47-19-21-48(22-20-47)57(4,53)54)30-16-15-29(36(23-30)55-3)10-8-6-5-7-9-27-11-13-28(14-12-27)35-25-34(44-46(35)2)31-17-18-38(49)43-40(31)50/h11-16,23-26,31H,5-10,17-22H2,1-4H3,(H,43,49,50). The van der Waals surface area contributed by atoms with E-state index in [9.17, 15) is 27.6 Å². The summed E-state index contributed by atoms with van der Waals surface area (Å²) in [5.41, 5.74) is 6.58. The number of piperidine rings is 1. The number of benzene rings is 2. The topological polar surface area (TPSA) is 153 Å². The highest BCUT2D eigenvalue weighted by atomic mass is 32.2. The van der Waals surface area contributed by atoms with Gasteiger partial charge in [0.25, 0.3) is 11.5 Å². The molecule has 2 aliphatic rings. The highest BCUT2D eigenvalue weighted by molar-refractivity contribution is 7.88. The molecule has 2 fully saturated rings. The lowest BCUT2D eigenvalue weighted by Crippen LogP contribution is -2.50. The number of rotatable bonds is 13. The van der Waals surface area contributed by atoms with E-state index in [0.29, 0.717) is 41.9 Å². The number of imide groups is 1. The molecule has 15 heteroatoms. The predicted molar refractivity (Wildman–Crippen MR) is 221 cm³/mol. The number of pyridine rings is 1. The summed E-state index contributed by atoms with van der Waals surface area (Å²) in [4.78, 5) is 52.7. The van der Waals surface area contributed by atoms with E-state index in [-0.39, 0.29) is 36.4 Å². The van der Waals surface area contributed by atoms with Crippen molar-refractivity contribution in [3.63, 3.8) is 0 Å². The van der Waals surface area contributed by atoms with Crippen LogP contribution in [0.3, 0.4) is 0 Å². The number of hydrogen-bond donors (Lipinski definition) is 1. The average Bonchev–Trinajstić information content (AvgIpc) is 3.82. The van der Waals surface area contributed by atoms with Crippen molar-refractivity contribution in [2.75, 3.05) is 39.5 Å². The van der Waals surface area contributed by atoms with E-state index < -0.39 is 15.9 Å². The lowest BCUT2D eigenvalue weighted by atomic mass is 9.94. The zero-order chi connectivity index (χ0) is 40.4. The molecule has 5 aromatic rings. The Kier molecular flexibility index (Phi) is 11.8. The number of aromatic nitrogens is 3. The van der Waals surface area contributed by atoms with Crippen LogP contribution in [0, 0.1) is 0 Å².